The summed E-state index contributed by atoms with van der Waals surface area (Å²) in [7, 11) is 3.46. The Morgan fingerprint density at radius 3 is 2.59 bits per heavy atom. The largest absolute Gasteiger partial charge is 0.469 e. The molecule has 1 heterocycles. The van der Waals surface area contributed by atoms with E-state index in [9.17, 15) is 4.79 Å². The molecule has 29 heavy (non-hydrogen) atoms. The van der Waals surface area contributed by atoms with Gasteiger partial charge in [0.2, 0.25) is 5.91 Å². The first-order valence-electron chi connectivity index (χ1n) is 9.50. The van der Waals surface area contributed by atoms with Gasteiger partial charge in [0.25, 0.3) is 0 Å². The summed E-state index contributed by atoms with van der Waals surface area (Å²) in [5, 5.41) is 7.50. The highest BCUT2D eigenvalue weighted by atomic mass is 127. The second kappa shape index (κ2) is 10.9. The summed E-state index contributed by atoms with van der Waals surface area (Å²) in [5.74, 6) is 1.49. The van der Waals surface area contributed by atoms with Crippen LogP contribution in [0.4, 0.5) is 0 Å². The number of nitrogens with one attached hydrogen (secondary N) is 2. The van der Waals surface area contributed by atoms with Gasteiger partial charge in [0.15, 0.2) is 5.96 Å². The van der Waals surface area contributed by atoms with E-state index in [4.69, 9.17) is 16.0 Å². The van der Waals surface area contributed by atoms with E-state index in [1.54, 1.807) is 20.4 Å². The van der Waals surface area contributed by atoms with Crippen molar-refractivity contribution in [2.45, 2.75) is 24.7 Å². The van der Waals surface area contributed by atoms with Gasteiger partial charge in [-0.3, -0.25) is 4.79 Å². The molecule has 2 aromatic rings. The maximum absolute atomic E-state index is 11.9. The van der Waals surface area contributed by atoms with Crippen LogP contribution in [0.3, 0.4) is 0 Å². The van der Waals surface area contributed by atoms with Crippen LogP contribution in [0, 0.1) is 0 Å². The number of carbonyl (C=O) groups is 1. The van der Waals surface area contributed by atoms with Gasteiger partial charge in [0.05, 0.1) is 6.26 Å². The summed E-state index contributed by atoms with van der Waals surface area (Å²) < 4.78 is 5.36. The molecular formula is C21H28ClIN4O2. The van der Waals surface area contributed by atoms with E-state index >= 15 is 0 Å². The van der Waals surface area contributed by atoms with Crippen LogP contribution in [0.2, 0.25) is 5.02 Å². The smallest absolute Gasteiger partial charge is 0.243 e. The van der Waals surface area contributed by atoms with Gasteiger partial charge in [-0.05, 0) is 36.6 Å². The van der Waals surface area contributed by atoms with Crippen LogP contribution >= 0.6 is 35.6 Å². The Bertz CT molecular complexity index is 820. The predicted molar refractivity (Wildman–Crippen MR) is 127 cm³/mol. The number of amides is 1. The molecule has 2 N–H and O–H groups in total. The molecule has 0 spiro atoms. The molecule has 3 rings (SSSR count). The summed E-state index contributed by atoms with van der Waals surface area (Å²) >= 11 is 6.41. The van der Waals surface area contributed by atoms with Gasteiger partial charge in [-0.2, -0.15) is 0 Å². The fraction of sp³-hybridized carbons (Fsp3) is 0.429. The molecule has 6 nitrogen and oxygen atoms in total. The van der Waals surface area contributed by atoms with Gasteiger partial charge in [-0.15, -0.1) is 24.0 Å². The van der Waals surface area contributed by atoms with E-state index in [1.807, 2.05) is 30.3 Å². The highest BCUT2D eigenvalue weighted by Crippen LogP contribution is 2.49. The Balaban J connectivity index is 0.00000300. The quantitative estimate of drug-likeness (QED) is 0.312. The fourth-order valence-electron chi connectivity index (χ4n) is 3.06. The summed E-state index contributed by atoms with van der Waals surface area (Å²) in [5.41, 5.74) is 1.20. The maximum atomic E-state index is 11.9. The molecule has 1 aliphatic rings. The molecule has 1 aromatic carbocycles. The molecule has 0 unspecified atom stereocenters. The molecule has 0 bridgehead atoms. The lowest BCUT2D eigenvalue weighted by atomic mass is 9.96. The summed E-state index contributed by atoms with van der Waals surface area (Å²) in [6.45, 7) is 1.48. The zero-order valence-corrected chi connectivity index (χ0v) is 19.9. The molecule has 1 saturated carbocycles. The number of rotatable bonds is 8. The van der Waals surface area contributed by atoms with E-state index in [2.05, 4.69) is 21.7 Å². The lowest BCUT2D eigenvalue weighted by Crippen LogP contribution is -2.42. The number of guanidine groups is 1. The van der Waals surface area contributed by atoms with Crippen LogP contribution in [-0.4, -0.2) is 50.5 Å². The van der Waals surface area contributed by atoms with Gasteiger partial charge in [-0.1, -0.05) is 29.8 Å². The van der Waals surface area contributed by atoms with Gasteiger partial charge in [0.1, 0.15) is 12.3 Å². The Hall–Kier alpha value is -1.74. The van der Waals surface area contributed by atoms with Crippen molar-refractivity contribution in [2.75, 3.05) is 33.7 Å². The lowest BCUT2D eigenvalue weighted by molar-refractivity contribution is -0.127. The van der Waals surface area contributed by atoms with E-state index in [1.165, 1.54) is 10.5 Å². The normalized spacial score (nSPS) is 14.7. The van der Waals surface area contributed by atoms with Crippen molar-refractivity contribution < 1.29 is 9.21 Å². The number of benzene rings is 1. The van der Waals surface area contributed by atoms with Gasteiger partial charge in [-0.25, -0.2) is 4.99 Å². The first-order valence-corrected chi connectivity index (χ1v) is 9.88. The highest BCUT2D eigenvalue weighted by molar-refractivity contribution is 14.0. The van der Waals surface area contributed by atoms with Crippen molar-refractivity contribution >= 4 is 47.4 Å². The Kier molecular flexibility index (Phi) is 8.82. The van der Waals surface area contributed by atoms with E-state index in [0.717, 1.165) is 36.6 Å². The highest BCUT2D eigenvalue weighted by Gasteiger charge is 2.45. The number of aliphatic imine (C=N–C) groups is 1. The molecule has 0 aliphatic heterocycles. The van der Waals surface area contributed by atoms with Crippen LogP contribution in [0.15, 0.2) is 52.1 Å². The molecule has 0 radical (unpaired) electrons. The zero-order chi connectivity index (χ0) is 20.0. The van der Waals surface area contributed by atoms with Gasteiger partial charge >= 0.3 is 0 Å². The zero-order valence-electron chi connectivity index (χ0n) is 16.8. The van der Waals surface area contributed by atoms with Crippen LogP contribution < -0.4 is 10.6 Å². The molecule has 8 heteroatoms. The van der Waals surface area contributed by atoms with Crippen molar-refractivity contribution in [1.29, 1.82) is 0 Å². The topological polar surface area (TPSA) is 69.9 Å². The Morgan fingerprint density at radius 2 is 1.97 bits per heavy atom. The van der Waals surface area contributed by atoms with E-state index in [0.29, 0.717) is 12.5 Å². The Labute approximate surface area is 194 Å². The third-order valence-electron chi connectivity index (χ3n) is 5.01. The first-order chi connectivity index (χ1) is 13.5. The van der Waals surface area contributed by atoms with Crippen LogP contribution in [0.5, 0.6) is 0 Å². The number of likely N-dealkylation sites (N-methyl/N-ethyl adjacent to an activating group) is 1. The minimum absolute atomic E-state index is 0. The minimum Gasteiger partial charge on any atom is -0.469 e. The monoisotopic (exact) mass is 530 g/mol. The second-order valence-electron chi connectivity index (χ2n) is 7.32. The molecule has 1 aliphatic carbocycles. The average molecular weight is 531 g/mol. The lowest BCUT2D eigenvalue weighted by Gasteiger charge is -2.20. The standard InChI is InChI=1S/C21H27ClN4O2.HI/c1-26(2)19(27)14-24-20(23-12-9-16-6-5-13-28-16)25-15-21(10-11-21)17-7-3-4-8-18(17)22;/h3-8,13H,9-12,14-15H2,1-2H3,(H2,23,24,25);1H. The molecule has 0 atom stereocenters. The van der Waals surface area contributed by atoms with E-state index in [-0.39, 0.29) is 41.8 Å². The van der Waals surface area contributed by atoms with Crippen molar-refractivity contribution in [3.05, 3.63) is 59.0 Å². The van der Waals surface area contributed by atoms with Crippen molar-refractivity contribution in [1.82, 2.24) is 15.5 Å². The fourth-order valence-corrected chi connectivity index (χ4v) is 3.39. The molecular weight excluding hydrogens is 503 g/mol. The van der Waals surface area contributed by atoms with Crippen molar-refractivity contribution in [3.8, 4) is 0 Å². The van der Waals surface area contributed by atoms with Crippen molar-refractivity contribution in [2.24, 2.45) is 4.99 Å². The number of nitrogens with zero attached hydrogens (tertiary/aromatic N) is 2. The van der Waals surface area contributed by atoms with Crippen LogP contribution in [-0.2, 0) is 16.6 Å². The molecule has 0 saturated heterocycles. The molecule has 1 amide bonds. The number of carbonyl (C=O) groups excluding carboxylic acids is 1. The van der Waals surface area contributed by atoms with Gasteiger partial charge < -0.3 is 20.0 Å². The number of hydrogen-bond donors (Lipinski definition) is 2. The summed E-state index contributed by atoms with van der Waals surface area (Å²) in [6, 6.07) is 11.8. The van der Waals surface area contributed by atoms with Crippen LogP contribution in [0.1, 0.15) is 24.2 Å². The average Bonchev–Trinajstić information content (AvgIpc) is 3.28. The second-order valence-corrected chi connectivity index (χ2v) is 7.73. The molecule has 158 valence electrons. The number of halogens is 2. The SMILES string of the molecule is CN(C)C(=O)CN=C(NCCc1ccco1)NCC1(c2ccccc2Cl)CC1.I. The Morgan fingerprint density at radius 1 is 1.21 bits per heavy atom. The van der Waals surface area contributed by atoms with Crippen molar-refractivity contribution in [3.63, 3.8) is 0 Å². The van der Waals surface area contributed by atoms with Gasteiger partial charge in [0, 0.05) is 44.0 Å². The maximum Gasteiger partial charge on any atom is 0.243 e. The number of furan rings is 1. The van der Waals surface area contributed by atoms with Crippen LogP contribution in [0.25, 0.3) is 0 Å². The molecule has 1 fully saturated rings. The predicted octanol–water partition coefficient (Wildman–Crippen LogP) is 3.45. The molecule has 1 aromatic heterocycles. The van der Waals surface area contributed by atoms with E-state index < -0.39 is 0 Å². The third kappa shape index (κ3) is 6.64. The first kappa shape index (κ1) is 23.5. The third-order valence-corrected chi connectivity index (χ3v) is 5.34. The minimum atomic E-state index is -0.0422. The summed E-state index contributed by atoms with van der Waals surface area (Å²) in [4.78, 5) is 17.9. The number of hydrogen-bond acceptors (Lipinski definition) is 3. The summed E-state index contributed by atoms with van der Waals surface area (Å²) in [6.07, 6.45) is 4.57.